The number of halogens is 1. The number of carbonyl (C=O) groups excluding carboxylic acids is 1. The summed E-state index contributed by atoms with van der Waals surface area (Å²) in [5.41, 5.74) is 0. The van der Waals surface area contributed by atoms with E-state index in [0.29, 0.717) is 0 Å². The molecule has 0 saturated carbocycles. The van der Waals surface area contributed by atoms with Crippen LogP contribution in [0.2, 0.25) is 0 Å². The first-order chi connectivity index (χ1) is 6.20. The van der Waals surface area contributed by atoms with Crippen molar-refractivity contribution in [3.63, 3.8) is 0 Å². The minimum absolute atomic E-state index is 0.0190. The molecular formula is C9H9FO3. The van der Waals surface area contributed by atoms with E-state index in [0.717, 1.165) is 0 Å². The maximum Gasteiger partial charge on any atom is 0.374 e. The Labute approximate surface area is 74.8 Å². The highest BCUT2D eigenvalue weighted by molar-refractivity contribution is 5.86. The number of ether oxygens (including phenoxy) is 1. The molecular weight excluding hydrogens is 175 g/mol. The van der Waals surface area contributed by atoms with Crippen molar-refractivity contribution in [3.05, 3.63) is 36.6 Å². The molecule has 0 bridgehead atoms. The van der Waals surface area contributed by atoms with Crippen molar-refractivity contribution >= 4 is 5.97 Å². The molecule has 0 aliphatic carbocycles. The van der Waals surface area contributed by atoms with Crippen LogP contribution >= 0.6 is 0 Å². The first-order valence-electron chi connectivity index (χ1n) is 3.74. The fraction of sp³-hybridized carbons (Fsp3) is 0.222. The highest BCUT2D eigenvalue weighted by Crippen LogP contribution is 2.04. The van der Waals surface area contributed by atoms with Crippen molar-refractivity contribution < 1.29 is 18.3 Å². The molecule has 1 aromatic rings. The summed E-state index contributed by atoms with van der Waals surface area (Å²) in [4.78, 5) is 11.0. The molecule has 0 amide bonds. The molecule has 0 saturated heterocycles. The van der Waals surface area contributed by atoms with Crippen molar-refractivity contribution in [2.24, 2.45) is 0 Å². The average molecular weight is 184 g/mol. The second-order valence-electron chi connectivity index (χ2n) is 2.38. The van der Waals surface area contributed by atoms with Crippen LogP contribution in [0, 0.1) is 0 Å². The molecule has 0 spiro atoms. The van der Waals surface area contributed by atoms with Gasteiger partial charge in [-0.15, -0.1) is 0 Å². The zero-order chi connectivity index (χ0) is 9.68. The highest BCUT2D eigenvalue weighted by Gasteiger charge is 2.09. The third-order valence-electron chi connectivity index (χ3n) is 1.33. The van der Waals surface area contributed by atoms with E-state index < -0.39 is 11.8 Å². The average Bonchev–Trinajstić information content (AvgIpc) is 2.55. The predicted molar refractivity (Wildman–Crippen MR) is 43.9 cm³/mol. The van der Waals surface area contributed by atoms with E-state index in [1.165, 1.54) is 12.3 Å². The van der Waals surface area contributed by atoms with Gasteiger partial charge < -0.3 is 9.15 Å². The van der Waals surface area contributed by atoms with E-state index >= 15 is 0 Å². The van der Waals surface area contributed by atoms with E-state index in [4.69, 9.17) is 4.42 Å². The number of furan rings is 1. The summed E-state index contributed by atoms with van der Waals surface area (Å²) in [6.45, 7) is 3.01. The molecule has 1 heterocycles. The minimum atomic E-state index is -0.591. The molecule has 1 rings (SSSR count). The Hall–Kier alpha value is -1.58. The first-order valence-corrected chi connectivity index (χ1v) is 3.74. The van der Waals surface area contributed by atoms with Gasteiger partial charge in [-0.05, 0) is 12.1 Å². The van der Waals surface area contributed by atoms with Crippen LogP contribution in [0.15, 0.2) is 35.2 Å². The van der Waals surface area contributed by atoms with Crippen LogP contribution in [0.3, 0.4) is 0 Å². The van der Waals surface area contributed by atoms with Crippen LogP contribution in [-0.2, 0) is 4.74 Å². The van der Waals surface area contributed by atoms with Gasteiger partial charge in [-0.1, -0.05) is 6.58 Å². The van der Waals surface area contributed by atoms with Gasteiger partial charge in [-0.25, -0.2) is 9.18 Å². The zero-order valence-electron chi connectivity index (χ0n) is 6.96. The van der Waals surface area contributed by atoms with Gasteiger partial charge in [0.25, 0.3) is 0 Å². The topological polar surface area (TPSA) is 39.4 Å². The zero-order valence-corrected chi connectivity index (χ0v) is 6.96. The van der Waals surface area contributed by atoms with Gasteiger partial charge in [0.1, 0.15) is 0 Å². The number of hydrogen-bond donors (Lipinski definition) is 0. The fourth-order valence-electron chi connectivity index (χ4n) is 0.720. The molecule has 0 aliphatic rings. The van der Waals surface area contributed by atoms with Gasteiger partial charge in [0.15, 0.2) is 0 Å². The fourth-order valence-corrected chi connectivity index (χ4v) is 0.720. The molecule has 0 radical (unpaired) electrons. The van der Waals surface area contributed by atoms with Gasteiger partial charge in [-0.3, -0.25) is 0 Å². The van der Waals surface area contributed by atoms with E-state index in [1.54, 1.807) is 6.07 Å². The molecule has 0 N–H and O–H groups in total. The van der Waals surface area contributed by atoms with E-state index in [2.05, 4.69) is 11.3 Å². The molecule has 13 heavy (non-hydrogen) atoms. The quantitative estimate of drug-likeness (QED) is 0.674. The third kappa shape index (κ3) is 3.11. The summed E-state index contributed by atoms with van der Waals surface area (Å²) in [5, 5.41) is 0. The Balaban J connectivity index is 2.31. The second-order valence-corrected chi connectivity index (χ2v) is 2.38. The number of carbonyl (C=O) groups is 1. The minimum Gasteiger partial charge on any atom is -0.459 e. The maximum atomic E-state index is 12.1. The van der Waals surface area contributed by atoms with Crippen LogP contribution in [0.4, 0.5) is 4.39 Å². The maximum absolute atomic E-state index is 12.1. The van der Waals surface area contributed by atoms with Crippen LogP contribution in [0.1, 0.15) is 17.0 Å². The lowest BCUT2D eigenvalue weighted by Gasteiger charge is -1.99. The van der Waals surface area contributed by atoms with Gasteiger partial charge in [0, 0.05) is 6.42 Å². The van der Waals surface area contributed by atoms with Crippen LogP contribution in [0.25, 0.3) is 0 Å². The smallest absolute Gasteiger partial charge is 0.374 e. The van der Waals surface area contributed by atoms with Gasteiger partial charge in [0.2, 0.25) is 5.76 Å². The third-order valence-corrected chi connectivity index (χ3v) is 1.33. The van der Waals surface area contributed by atoms with Crippen molar-refractivity contribution in [1.29, 1.82) is 0 Å². The molecule has 70 valence electrons. The Kier molecular flexibility index (Phi) is 3.25. The summed E-state index contributed by atoms with van der Waals surface area (Å²) >= 11 is 0. The standard InChI is InChI=1S/C9H9FO3/c1-7(10)4-6-13-9(11)8-3-2-5-12-8/h2-3,5H,1,4,6H2. The van der Waals surface area contributed by atoms with Crippen molar-refractivity contribution in [3.8, 4) is 0 Å². The Morgan fingerprint density at radius 3 is 3.00 bits per heavy atom. The number of esters is 1. The Morgan fingerprint density at radius 2 is 2.46 bits per heavy atom. The van der Waals surface area contributed by atoms with Gasteiger partial charge in [0.05, 0.1) is 18.7 Å². The van der Waals surface area contributed by atoms with Gasteiger partial charge >= 0.3 is 5.97 Å². The van der Waals surface area contributed by atoms with E-state index in [9.17, 15) is 9.18 Å². The second kappa shape index (κ2) is 4.45. The SMILES string of the molecule is C=C(F)CCOC(=O)c1ccco1. The van der Waals surface area contributed by atoms with E-state index in [-0.39, 0.29) is 18.8 Å². The molecule has 0 aromatic carbocycles. The highest BCUT2D eigenvalue weighted by atomic mass is 19.1. The molecule has 0 unspecified atom stereocenters. The molecule has 0 atom stereocenters. The molecule has 0 fully saturated rings. The predicted octanol–water partition coefficient (Wildman–Crippen LogP) is 2.31. The van der Waals surface area contributed by atoms with Gasteiger partial charge in [-0.2, -0.15) is 0 Å². The Morgan fingerprint density at radius 1 is 1.69 bits per heavy atom. The molecule has 4 heteroatoms. The largest absolute Gasteiger partial charge is 0.459 e. The monoisotopic (exact) mass is 184 g/mol. The summed E-state index contributed by atoms with van der Waals surface area (Å²) in [7, 11) is 0. The van der Waals surface area contributed by atoms with Crippen molar-refractivity contribution in [2.75, 3.05) is 6.61 Å². The summed E-state index contributed by atoms with van der Waals surface area (Å²) in [6.07, 6.45) is 1.39. The van der Waals surface area contributed by atoms with E-state index in [1.807, 2.05) is 0 Å². The van der Waals surface area contributed by atoms with Crippen molar-refractivity contribution in [1.82, 2.24) is 0 Å². The normalized spacial score (nSPS) is 9.62. The Bertz CT molecular complexity index is 290. The molecule has 3 nitrogen and oxygen atoms in total. The molecule has 1 aromatic heterocycles. The first kappa shape index (κ1) is 9.51. The lowest BCUT2D eigenvalue weighted by atomic mass is 10.4. The van der Waals surface area contributed by atoms with Crippen molar-refractivity contribution in [2.45, 2.75) is 6.42 Å². The number of rotatable bonds is 4. The lowest BCUT2D eigenvalue weighted by molar-refractivity contribution is 0.0468. The lowest BCUT2D eigenvalue weighted by Crippen LogP contribution is -2.05. The number of hydrogen-bond acceptors (Lipinski definition) is 3. The van der Waals surface area contributed by atoms with Crippen LogP contribution in [0.5, 0.6) is 0 Å². The molecule has 0 aliphatic heterocycles. The summed E-state index contributed by atoms with van der Waals surface area (Å²) in [6, 6.07) is 3.05. The van der Waals surface area contributed by atoms with Crippen LogP contribution in [-0.4, -0.2) is 12.6 Å². The summed E-state index contributed by atoms with van der Waals surface area (Å²) < 4.78 is 21.5. The summed E-state index contributed by atoms with van der Waals surface area (Å²) in [5.74, 6) is -0.983. The van der Waals surface area contributed by atoms with Crippen LogP contribution < -0.4 is 0 Å².